The standard InChI is InChI=1S/C20H30O3/c1-8-18-15(6)14(5)16(7)20(22-18)23-19(21)17-9-11(2)13(4)12(3)10-17/h9-10,14-16,18,20H,8H2,1-7H3. The van der Waals surface area contributed by atoms with Crippen molar-refractivity contribution < 1.29 is 14.3 Å². The third-order valence-corrected chi connectivity index (χ3v) is 5.77. The SMILES string of the molecule is CCC1OC(OC(=O)c2cc(C)c(C)c(C)c2)C(C)C(C)C1C. The van der Waals surface area contributed by atoms with Crippen molar-refractivity contribution in [2.75, 3.05) is 0 Å². The van der Waals surface area contributed by atoms with Crippen LogP contribution in [0.15, 0.2) is 12.1 Å². The van der Waals surface area contributed by atoms with Gasteiger partial charge >= 0.3 is 5.97 Å². The molecule has 1 aliphatic rings. The molecule has 1 saturated heterocycles. The van der Waals surface area contributed by atoms with Crippen molar-refractivity contribution in [3.8, 4) is 0 Å². The lowest BCUT2D eigenvalue weighted by atomic mass is 9.78. The Labute approximate surface area is 140 Å². The summed E-state index contributed by atoms with van der Waals surface area (Å²) >= 11 is 0. The van der Waals surface area contributed by atoms with Gasteiger partial charge in [0.2, 0.25) is 6.29 Å². The Hall–Kier alpha value is -1.35. The number of hydrogen-bond acceptors (Lipinski definition) is 3. The Morgan fingerprint density at radius 3 is 2.13 bits per heavy atom. The lowest BCUT2D eigenvalue weighted by Gasteiger charge is -2.42. The molecule has 0 aliphatic carbocycles. The van der Waals surface area contributed by atoms with E-state index in [1.54, 1.807) is 0 Å². The lowest BCUT2D eigenvalue weighted by Crippen LogP contribution is -2.46. The Bertz CT molecular complexity index is 553. The topological polar surface area (TPSA) is 35.5 Å². The Morgan fingerprint density at radius 1 is 1.04 bits per heavy atom. The van der Waals surface area contributed by atoms with Gasteiger partial charge in [0.05, 0.1) is 11.7 Å². The number of benzene rings is 1. The Morgan fingerprint density at radius 2 is 1.61 bits per heavy atom. The Kier molecular flexibility index (Phi) is 5.51. The molecule has 0 spiro atoms. The highest BCUT2D eigenvalue weighted by Crippen LogP contribution is 2.36. The van der Waals surface area contributed by atoms with E-state index in [1.807, 2.05) is 26.0 Å². The van der Waals surface area contributed by atoms with Crippen molar-refractivity contribution in [1.29, 1.82) is 0 Å². The van der Waals surface area contributed by atoms with E-state index in [0.29, 0.717) is 17.4 Å². The van der Waals surface area contributed by atoms with Crippen LogP contribution in [0.4, 0.5) is 0 Å². The second-order valence-corrected chi connectivity index (χ2v) is 7.17. The summed E-state index contributed by atoms with van der Waals surface area (Å²) in [6.45, 7) is 14.8. The van der Waals surface area contributed by atoms with Crippen LogP contribution in [0, 0.1) is 38.5 Å². The van der Waals surface area contributed by atoms with E-state index in [1.165, 1.54) is 5.56 Å². The highest BCUT2D eigenvalue weighted by Gasteiger charge is 2.40. The maximum atomic E-state index is 12.6. The zero-order chi connectivity index (χ0) is 17.3. The van der Waals surface area contributed by atoms with E-state index >= 15 is 0 Å². The molecule has 128 valence electrons. The van der Waals surface area contributed by atoms with Gasteiger partial charge in [-0.25, -0.2) is 4.79 Å². The van der Waals surface area contributed by atoms with E-state index in [9.17, 15) is 4.79 Å². The highest BCUT2D eigenvalue weighted by atomic mass is 16.7. The summed E-state index contributed by atoms with van der Waals surface area (Å²) in [5.41, 5.74) is 4.06. The van der Waals surface area contributed by atoms with Crippen LogP contribution < -0.4 is 0 Å². The van der Waals surface area contributed by atoms with Crippen LogP contribution in [0.25, 0.3) is 0 Å². The van der Waals surface area contributed by atoms with Gasteiger partial charge in [0.1, 0.15) is 0 Å². The van der Waals surface area contributed by atoms with Crippen LogP contribution in [-0.2, 0) is 9.47 Å². The fourth-order valence-electron chi connectivity index (χ4n) is 3.42. The van der Waals surface area contributed by atoms with Crippen molar-refractivity contribution in [1.82, 2.24) is 0 Å². The number of carbonyl (C=O) groups excluding carboxylic acids is 1. The van der Waals surface area contributed by atoms with Gasteiger partial charge in [0, 0.05) is 5.92 Å². The van der Waals surface area contributed by atoms with Gasteiger partial charge in [-0.3, -0.25) is 0 Å². The maximum absolute atomic E-state index is 12.6. The molecule has 1 aromatic rings. The van der Waals surface area contributed by atoms with Crippen LogP contribution in [-0.4, -0.2) is 18.4 Å². The second kappa shape index (κ2) is 7.04. The third kappa shape index (κ3) is 3.60. The van der Waals surface area contributed by atoms with Crippen molar-refractivity contribution in [3.05, 3.63) is 34.4 Å². The van der Waals surface area contributed by atoms with Crippen LogP contribution >= 0.6 is 0 Å². The first-order chi connectivity index (χ1) is 10.8. The molecule has 0 amide bonds. The summed E-state index contributed by atoms with van der Waals surface area (Å²) in [4.78, 5) is 12.6. The molecule has 2 rings (SSSR count). The highest BCUT2D eigenvalue weighted by molar-refractivity contribution is 5.90. The normalized spacial score (nSPS) is 31.0. The van der Waals surface area contributed by atoms with Gasteiger partial charge in [-0.1, -0.05) is 27.7 Å². The predicted octanol–water partition coefficient (Wildman–Crippen LogP) is 4.81. The second-order valence-electron chi connectivity index (χ2n) is 7.17. The fraction of sp³-hybridized carbons (Fsp3) is 0.650. The van der Waals surface area contributed by atoms with Crippen molar-refractivity contribution >= 4 is 5.97 Å². The molecule has 3 nitrogen and oxygen atoms in total. The first kappa shape index (κ1) is 18.0. The molecule has 1 aliphatic heterocycles. The van der Waals surface area contributed by atoms with Crippen molar-refractivity contribution in [3.63, 3.8) is 0 Å². The van der Waals surface area contributed by atoms with Crippen LogP contribution in [0.2, 0.25) is 0 Å². The monoisotopic (exact) mass is 318 g/mol. The smallest absolute Gasteiger partial charge is 0.340 e. The third-order valence-electron chi connectivity index (χ3n) is 5.77. The summed E-state index contributed by atoms with van der Waals surface area (Å²) < 4.78 is 11.8. The molecule has 3 heteroatoms. The largest absolute Gasteiger partial charge is 0.432 e. The summed E-state index contributed by atoms with van der Waals surface area (Å²) in [6, 6.07) is 3.81. The zero-order valence-electron chi connectivity index (χ0n) is 15.5. The molecule has 1 heterocycles. The van der Waals surface area contributed by atoms with Gasteiger partial charge in [0.25, 0.3) is 0 Å². The number of hydrogen-bond donors (Lipinski definition) is 0. The summed E-state index contributed by atoms with van der Waals surface area (Å²) in [5.74, 6) is 0.857. The number of rotatable bonds is 3. The summed E-state index contributed by atoms with van der Waals surface area (Å²) in [7, 11) is 0. The molecule has 23 heavy (non-hydrogen) atoms. The minimum absolute atomic E-state index is 0.153. The van der Waals surface area contributed by atoms with Gasteiger partial charge in [-0.05, 0) is 67.9 Å². The lowest BCUT2D eigenvalue weighted by molar-refractivity contribution is -0.224. The molecule has 1 aromatic carbocycles. The van der Waals surface area contributed by atoms with Gasteiger partial charge in [-0.2, -0.15) is 0 Å². The molecule has 5 unspecified atom stereocenters. The van der Waals surface area contributed by atoms with Gasteiger partial charge in [-0.15, -0.1) is 0 Å². The average molecular weight is 318 g/mol. The summed E-state index contributed by atoms with van der Waals surface area (Å²) in [5, 5.41) is 0. The minimum atomic E-state index is -0.458. The number of carbonyl (C=O) groups is 1. The van der Waals surface area contributed by atoms with E-state index in [-0.39, 0.29) is 18.0 Å². The first-order valence-electron chi connectivity index (χ1n) is 8.70. The molecule has 0 bridgehead atoms. The van der Waals surface area contributed by atoms with E-state index in [2.05, 4.69) is 34.6 Å². The van der Waals surface area contributed by atoms with Crippen molar-refractivity contribution in [2.45, 2.75) is 67.3 Å². The van der Waals surface area contributed by atoms with E-state index < -0.39 is 6.29 Å². The zero-order valence-corrected chi connectivity index (χ0v) is 15.5. The van der Waals surface area contributed by atoms with Crippen LogP contribution in [0.5, 0.6) is 0 Å². The molecular formula is C20H30O3. The molecule has 0 radical (unpaired) electrons. The first-order valence-corrected chi connectivity index (χ1v) is 8.70. The average Bonchev–Trinajstić information content (AvgIpc) is 2.52. The molecule has 0 N–H and O–H groups in total. The van der Waals surface area contributed by atoms with Crippen molar-refractivity contribution in [2.24, 2.45) is 17.8 Å². The van der Waals surface area contributed by atoms with E-state index in [0.717, 1.165) is 17.5 Å². The molecule has 0 saturated carbocycles. The molecule has 0 aromatic heterocycles. The van der Waals surface area contributed by atoms with Gasteiger partial charge < -0.3 is 9.47 Å². The van der Waals surface area contributed by atoms with Crippen LogP contribution in [0.3, 0.4) is 0 Å². The number of aryl methyl sites for hydroxylation is 2. The number of esters is 1. The molecule has 1 fully saturated rings. The summed E-state index contributed by atoms with van der Waals surface area (Å²) in [6.07, 6.45) is 0.635. The minimum Gasteiger partial charge on any atom is -0.432 e. The molecular weight excluding hydrogens is 288 g/mol. The Balaban J connectivity index is 2.16. The van der Waals surface area contributed by atoms with Gasteiger partial charge in [0.15, 0.2) is 0 Å². The fourth-order valence-corrected chi connectivity index (χ4v) is 3.42. The predicted molar refractivity (Wildman–Crippen MR) is 92.5 cm³/mol. The van der Waals surface area contributed by atoms with E-state index in [4.69, 9.17) is 9.47 Å². The maximum Gasteiger partial charge on any atom is 0.340 e. The quantitative estimate of drug-likeness (QED) is 0.750. The van der Waals surface area contributed by atoms with Crippen LogP contribution in [0.1, 0.15) is 61.2 Å². The molecule has 5 atom stereocenters. The number of ether oxygens (including phenoxy) is 2.